The summed E-state index contributed by atoms with van der Waals surface area (Å²) in [6.45, 7) is 0. The van der Waals surface area contributed by atoms with Gasteiger partial charge in [-0.1, -0.05) is 11.2 Å². The second-order valence-corrected chi connectivity index (χ2v) is 3.43. The standard InChI is InChI=1S/C10H6F3NO3/c11-10(12,13)9-6-2-1-5(4-8(15)16)3-7(6)17-14-9/h1-3H,4H2,(H,15,16). The van der Waals surface area contributed by atoms with Crippen molar-refractivity contribution in [1.29, 1.82) is 0 Å². The first-order chi connectivity index (χ1) is 7.88. The zero-order valence-electron chi connectivity index (χ0n) is 8.28. The van der Waals surface area contributed by atoms with Gasteiger partial charge in [0.15, 0.2) is 11.3 Å². The van der Waals surface area contributed by atoms with Gasteiger partial charge in [-0.3, -0.25) is 4.79 Å². The van der Waals surface area contributed by atoms with Crippen molar-refractivity contribution in [2.75, 3.05) is 0 Å². The molecule has 0 spiro atoms. The maximum absolute atomic E-state index is 12.4. The minimum atomic E-state index is -4.58. The molecule has 0 saturated heterocycles. The van der Waals surface area contributed by atoms with E-state index in [-0.39, 0.29) is 17.4 Å². The summed E-state index contributed by atoms with van der Waals surface area (Å²) < 4.78 is 41.9. The summed E-state index contributed by atoms with van der Waals surface area (Å²) in [6.07, 6.45) is -4.86. The van der Waals surface area contributed by atoms with Gasteiger partial charge in [-0.25, -0.2) is 0 Å². The van der Waals surface area contributed by atoms with Crippen LogP contribution in [0.5, 0.6) is 0 Å². The lowest BCUT2D eigenvalue weighted by atomic mass is 10.1. The number of nitrogens with zero attached hydrogens (tertiary/aromatic N) is 1. The van der Waals surface area contributed by atoms with Gasteiger partial charge in [0, 0.05) is 0 Å². The molecule has 0 radical (unpaired) electrons. The fraction of sp³-hybridized carbons (Fsp3) is 0.200. The summed E-state index contributed by atoms with van der Waals surface area (Å²) in [7, 11) is 0. The zero-order valence-corrected chi connectivity index (χ0v) is 8.28. The number of alkyl halides is 3. The van der Waals surface area contributed by atoms with E-state index in [4.69, 9.17) is 5.11 Å². The third-order valence-electron chi connectivity index (χ3n) is 2.16. The molecule has 0 bridgehead atoms. The molecule has 4 nitrogen and oxygen atoms in total. The Kier molecular flexibility index (Phi) is 2.53. The van der Waals surface area contributed by atoms with Crippen molar-refractivity contribution < 1.29 is 27.6 Å². The van der Waals surface area contributed by atoms with Gasteiger partial charge in [0.2, 0.25) is 0 Å². The monoisotopic (exact) mass is 245 g/mol. The highest BCUT2D eigenvalue weighted by Crippen LogP contribution is 2.34. The van der Waals surface area contributed by atoms with E-state index in [0.29, 0.717) is 5.56 Å². The van der Waals surface area contributed by atoms with E-state index < -0.39 is 17.8 Å². The summed E-state index contributed by atoms with van der Waals surface area (Å²) in [6, 6.07) is 3.71. The molecule has 0 atom stereocenters. The smallest absolute Gasteiger partial charge is 0.437 e. The molecule has 2 aromatic rings. The number of halogens is 3. The minimum absolute atomic E-state index is 0.0731. The zero-order chi connectivity index (χ0) is 12.6. The number of carbonyl (C=O) groups is 1. The first-order valence-corrected chi connectivity index (χ1v) is 4.55. The molecule has 2 rings (SSSR count). The van der Waals surface area contributed by atoms with Crippen LogP contribution in [0.3, 0.4) is 0 Å². The molecule has 0 fully saturated rings. The van der Waals surface area contributed by atoms with Gasteiger partial charge in [0.25, 0.3) is 0 Å². The van der Waals surface area contributed by atoms with Crippen molar-refractivity contribution in [2.24, 2.45) is 0 Å². The van der Waals surface area contributed by atoms with Gasteiger partial charge < -0.3 is 9.63 Å². The van der Waals surface area contributed by atoms with Gasteiger partial charge in [0.1, 0.15) is 0 Å². The molecule has 7 heteroatoms. The SMILES string of the molecule is O=C(O)Cc1ccc2c(C(F)(F)F)noc2c1. The van der Waals surface area contributed by atoms with E-state index in [2.05, 4.69) is 9.68 Å². The predicted molar refractivity (Wildman–Crippen MR) is 50.4 cm³/mol. The molecule has 1 N–H and O–H groups in total. The number of hydrogen-bond acceptors (Lipinski definition) is 3. The topological polar surface area (TPSA) is 63.3 Å². The fourth-order valence-corrected chi connectivity index (χ4v) is 1.47. The van der Waals surface area contributed by atoms with E-state index in [9.17, 15) is 18.0 Å². The Balaban J connectivity index is 2.48. The molecule has 17 heavy (non-hydrogen) atoms. The summed E-state index contributed by atoms with van der Waals surface area (Å²) >= 11 is 0. The number of carboxylic acid groups (broad SMARTS) is 1. The van der Waals surface area contributed by atoms with Crippen LogP contribution < -0.4 is 0 Å². The number of aromatic nitrogens is 1. The number of benzene rings is 1. The summed E-state index contributed by atoms with van der Waals surface area (Å²) in [5.41, 5.74) is -0.819. The lowest BCUT2D eigenvalue weighted by Crippen LogP contribution is -2.05. The molecule has 0 amide bonds. The molecular weight excluding hydrogens is 239 g/mol. The fourth-order valence-electron chi connectivity index (χ4n) is 1.47. The Morgan fingerprint density at radius 1 is 1.41 bits per heavy atom. The Labute approximate surface area is 92.6 Å². The van der Waals surface area contributed by atoms with Crippen LogP contribution in [0.15, 0.2) is 22.7 Å². The average Bonchev–Trinajstić information content (AvgIpc) is 2.58. The Bertz CT molecular complexity index is 574. The Hall–Kier alpha value is -2.05. The van der Waals surface area contributed by atoms with Crippen molar-refractivity contribution in [1.82, 2.24) is 5.16 Å². The molecule has 0 aliphatic rings. The number of aliphatic carboxylic acids is 1. The third kappa shape index (κ3) is 2.22. The summed E-state index contributed by atoms with van der Waals surface area (Å²) in [4.78, 5) is 10.4. The normalized spacial score (nSPS) is 11.9. The number of carboxylic acids is 1. The van der Waals surface area contributed by atoms with E-state index in [1.54, 1.807) is 0 Å². The van der Waals surface area contributed by atoms with E-state index in [1.165, 1.54) is 12.1 Å². The second kappa shape index (κ2) is 3.76. The molecule has 0 aliphatic heterocycles. The molecule has 90 valence electrons. The first-order valence-electron chi connectivity index (χ1n) is 4.55. The van der Waals surface area contributed by atoms with Crippen molar-refractivity contribution >= 4 is 16.9 Å². The molecule has 0 unspecified atom stereocenters. The molecule has 0 saturated carbocycles. The number of rotatable bonds is 2. The predicted octanol–water partition coefficient (Wildman–Crippen LogP) is 2.47. The van der Waals surface area contributed by atoms with Gasteiger partial charge in [0.05, 0.1) is 11.8 Å². The average molecular weight is 245 g/mol. The second-order valence-electron chi connectivity index (χ2n) is 3.43. The van der Waals surface area contributed by atoms with Crippen LogP contribution in [0.4, 0.5) is 13.2 Å². The molecule has 0 aliphatic carbocycles. The number of fused-ring (bicyclic) bond motifs is 1. The van der Waals surface area contributed by atoms with Crippen LogP contribution in [0.2, 0.25) is 0 Å². The molecule has 1 aromatic carbocycles. The van der Waals surface area contributed by atoms with E-state index in [0.717, 1.165) is 6.07 Å². The quantitative estimate of drug-likeness (QED) is 0.882. The largest absolute Gasteiger partial charge is 0.481 e. The maximum Gasteiger partial charge on any atom is 0.437 e. The van der Waals surface area contributed by atoms with Crippen LogP contribution in [0, 0.1) is 0 Å². The summed E-state index contributed by atoms with van der Waals surface area (Å²) in [5, 5.41) is 11.3. The van der Waals surface area contributed by atoms with Crippen LogP contribution in [-0.2, 0) is 17.4 Å². The van der Waals surface area contributed by atoms with E-state index >= 15 is 0 Å². The highest BCUT2D eigenvalue weighted by Gasteiger charge is 2.36. The third-order valence-corrected chi connectivity index (χ3v) is 2.16. The van der Waals surface area contributed by atoms with Crippen molar-refractivity contribution in [3.05, 3.63) is 29.5 Å². The van der Waals surface area contributed by atoms with Crippen molar-refractivity contribution in [3.8, 4) is 0 Å². The maximum atomic E-state index is 12.4. The Morgan fingerprint density at radius 2 is 2.12 bits per heavy atom. The molecule has 1 heterocycles. The Morgan fingerprint density at radius 3 is 2.71 bits per heavy atom. The summed E-state index contributed by atoms with van der Waals surface area (Å²) in [5.74, 6) is -1.07. The number of hydrogen-bond donors (Lipinski definition) is 1. The highest BCUT2D eigenvalue weighted by atomic mass is 19.4. The van der Waals surface area contributed by atoms with Crippen LogP contribution >= 0.6 is 0 Å². The van der Waals surface area contributed by atoms with Gasteiger partial charge in [-0.15, -0.1) is 0 Å². The van der Waals surface area contributed by atoms with Gasteiger partial charge in [-0.2, -0.15) is 13.2 Å². The van der Waals surface area contributed by atoms with Crippen molar-refractivity contribution in [3.63, 3.8) is 0 Å². The van der Waals surface area contributed by atoms with Crippen LogP contribution in [0.25, 0.3) is 11.0 Å². The highest BCUT2D eigenvalue weighted by molar-refractivity contribution is 5.82. The van der Waals surface area contributed by atoms with Gasteiger partial charge >= 0.3 is 12.1 Å². The minimum Gasteiger partial charge on any atom is -0.481 e. The van der Waals surface area contributed by atoms with Crippen LogP contribution in [-0.4, -0.2) is 16.2 Å². The lowest BCUT2D eigenvalue weighted by Gasteiger charge is -2.01. The van der Waals surface area contributed by atoms with Crippen LogP contribution in [0.1, 0.15) is 11.3 Å². The van der Waals surface area contributed by atoms with E-state index in [1.807, 2.05) is 0 Å². The van der Waals surface area contributed by atoms with Gasteiger partial charge in [-0.05, 0) is 17.7 Å². The lowest BCUT2D eigenvalue weighted by molar-refractivity contribution is -0.141. The molecule has 1 aromatic heterocycles. The first kappa shape index (κ1) is 11.4. The van der Waals surface area contributed by atoms with Crippen molar-refractivity contribution in [2.45, 2.75) is 12.6 Å². The molecular formula is C10H6F3NO3.